The van der Waals surface area contributed by atoms with Crippen LogP contribution in [0.2, 0.25) is 0 Å². The number of thiazole rings is 1. The molecule has 0 fully saturated rings. The summed E-state index contributed by atoms with van der Waals surface area (Å²) in [6.45, 7) is 0.231. The molecule has 5 aromatic rings. The Balaban J connectivity index is 1.30. The summed E-state index contributed by atoms with van der Waals surface area (Å²) >= 11 is 0.576. The Kier molecular flexibility index (Phi) is 5.13. The summed E-state index contributed by atoms with van der Waals surface area (Å²) in [5, 5.41) is 4.85. The SMILES string of the molecule is CN(C(=O)c1ccc2nc(N)c3cnn(C)c3c2c1)[C@@H]1COc2cc(-c3cnc(C(F)(F)F)s3)ccc21. The van der Waals surface area contributed by atoms with E-state index in [9.17, 15) is 18.0 Å². The van der Waals surface area contributed by atoms with Crippen LogP contribution in [0.1, 0.15) is 27.0 Å². The van der Waals surface area contributed by atoms with Crippen LogP contribution in [0.3, 0.4) is 0 Å². The van der Waals surface area contributed by atoms with Gasteiger partial charge in [-0.1, -0.05) is 12.1 Å². The number of ether oxygens (including phenoxy) is 1. The highest BCUT2D eigenvalue weighted by Crippen LogP contribution is 2.42. The fraction of sp³-hybridized carbons (Fsp3) is 0.200. The molecule has 8 nitrogen and oxygen atoms in total. The van der Waals surface area contributed by atoms with Gasteiger partial charge in [0, 0.05) is 36.8 Å². The minimum absolute atomic E-state index is 0.211. The molecule has 0 bridgehead atoms. The van der Waals surface area contributed by atoms with Crippen molar-refractivity contribution < 1.29 is 22.7 Å². The van der Waals surface area contributed by atoms with Crippen molar-refractivity contribution >= 4 is 44.9 Å². The van der Waals surface area contributed by atoms with Crippen molar-refractivity contribution in [1.29, 1.82) is 0 Å². The van der Waals surface area contributed by atoms with Crippen LogP contribution in [0.5, 0.6) is 5.75 Å². The second-order valence-corrected chi connectivity index (χ2v) is 9.81. The molecule has 37 heavy (non-hydrogen) atoms. The molecule has 0 saturated carbocycles. The molecule has 12 heteroatoms. The van der Waals surface area contributed by atoms with Crippen molar-refractivity contribution in [2.75, 3.05) is 19.4 Å². The van der Waals surface area contributed by atoms with Crippen LogP contribution in [0.15, 0.2) is 48.8 Å². The second-order valence-electron chi connectivity index (χ2n) is 8.78. The van der Waals surface area contributed by atoms with E-state index in [4.69, 9.17) is 10.5 Å². The van der Waals surface area contributed by atoms with E-state index in [0.717, 1.165) is 16.5 Å². The fourth-order valence-corrected chi connectivity index (χ4v) is 5.42. The highest BCUT2D eigenvalue weighted by molar-refractivity contribution is 7.15. The average Bonchev–Trinajstić information content (AvgIpc) is 3.61. The number of rotatable bonds is 3. The van der Waals surface area contributed by atoms with Gasteiger partial charge < -0.3 is 15.4 Å². The van der Waals surface area contributed by atoms with Gasteiger partial charge in [-0.2, -0.15) is 18.3 Å². The summed E-state index contributed by atoms with van der Waals surface area (Å²) in [5.74, 6) is 0.689. The molecule has 1 amide bonds. The number of benzene rings is 2. The van der Waals surface area contributed by atoms with Gasteiger partial charge in [0.05, 0.1) is 33.5 Å². The Labute approximate surface area is 212 Å². The number of likely N-dealkylation sites (N-methyl/N-ethyl adjacent to an activating group) is 1. The van der Waals surface area contributed by atoms with Gasteiger partial charge in [-0.05, 0) is 29.8 Å². The Bertz CT molecular complexity index is 1710. The number of nitrogens with two attached hydrogens (primary N) is 1. The molecule has 6 rings (SSSR count). The summed E-state index contributed by atoms with van der Waals surface area (Å²) in [6.07, 6.45) is -1.63. The maximum absolute atomic E-state index is 13.5. The minimum Gasteiger partial charge on any atom is -0.491 e. The normalized spacial score (nSPS) is 15.2. The van der Waals surface area contributed by atoms with E-state index in [1.54, 1.807) is 66.3 Å². The van der Waals surface area contributed by atoms with Crippen LogP contribution in [0.25, 0.3) is 32.2 Å². The Morgan fingerprint density at radius 3 is 2.76 bits per heavy atom. The first kappa shape index (κ1) is 23.2. The first-order valence-electron chi connectivity index (χ1n) is 11.2. The number of nitrogen functional groups attached to an aromatic ring is 1. The van der Waals surface area contributed by atoms with E-state index >= 15 is 0 Å². The molecule has 1 atom stereocenters. The van der Waals surface area contributed by atoms with Gasteiger partial charge in [0.2, 0.25) is 0 Å². The van der Waals surface area contributed by atoms with Crippen molar-refractivity contribution in [2.24, 2.45) is 7.05 Å². The molecule has 0 aliphatic carbocycles. The van der Waals surface area contributed by atoms with Gasteiger partial charge in [-0.3, -0.25) is 9.48 Å². The van der Waals surface area contributed by atoms with E-state index in [0.29, 0.717) is 49.8 Å². The summed E-state index contributed by atoms with van der Waals surface area (Å²) in [7, 11) is 3.50. The monoisotopic (exact) mass is 524 g/mol. The third-order valence-corrected chi connectivity index (χ3v) is 7.64. The van der Waals surface area contributed by atoms with E-state index in [2.05, 4.69) is 15.1 Å². The Hall–Kier alpha value is -4.19. The smallest absolute Gasteiger partial charge is 0.443 e. The number of hydrogen-bond donors (Lipinski definition) is 1. The van der Waals surface area contributed by atoms with Gasteiger partial charge in [0.1, 0.15) is 18.2 Å². The van der Waals surface area contributed by atoms with Crippen molar-refractivity contribution in [3.05, 3.63) is 64.9 Å². The fourth-order valence-electron chi connectivity index (χ4n) is 4.64. The third kappa shape index (κ3) is 3.75. The number of pyridine rings is 1. The molecule has 0 radical (unpaired) electrons. The van der Waals surface area contributed by atoms with E-state index in [-0.39, 0.29) is 18.6 Å². The Morgan fingerprint density at radius 1 is 1.19 bits per heavy atom. The zero-order chi connectivity index (χ0) is 26.1. The standard InChI is InChI=1S/C25H19F3N6O2S/c1-33(23(35)13-4-6-17-15(7-13)21-16(22(29)32-17)9-31-34(21)2)18-11-36-19-8-12(3-5-14(18)19)20-10-30-24(37-20)25(26,27)28/h3-10,18H,11H2,1-2H3,(H2,29,32)/t18-/m1/s1. The van der Waals surface area contributed by atoms with Crippen LogP contribution >= 0.6 is 11.3 Å². The number of fused-ring (bicyclic) bond motifs is 4. The third-order valence-electron chi connectivity index (χ3n) is 6.54. The minimum atomic E-state index is -4.49. The number of hydrogen-bond acceptors (Lipinski definition) is 7. The number of amides is 1. The number of anilines is 1. The molecule has 2 N–H and O–H groups in total. The zero-order valence-electron chi connectivity index (χ0n) is 19.6. The van der Waals surface area contributed by atoms with Gasteiger partial charge in [-0.15, -0.1) is 11.3 Å². The predicted octanol–water partition coefficient (Wildman–Crippen LogP) is 5.05. The van der Waals surface area contributed by atoms with Gasteiger partial charge >= 0.3 is 6.18 Å². The van der Waals surface area contributed by atoms with Gasteiger partial charge in [0.25, 0.3) is 5.91 Å². The number of alkyl halides is 3. The highest BCUT2D eigenvalue weighted by Gasteiger charge is 2.35. The first-order valence-corrected chi connectivity index (χ1v) is 12.0. The number of carbonyl (C=O) groups excluding carboxylic acids is 1. The number of aryl methyl sites for hydroxylation is 1. The summed E-state index contributed by atoms with van der Waals surface area (Å²) < 4.78 is 46.4. The molecule has 0 saturated heterocycles. The van der Waals surface area contributed by atoms with Crippen molar-refractivity contribution in [2.45, 2.75) is 12.2 Å². The molecule has 4 heterocycles. The maximum atomic E-state index is 13.5. The Morgan fingerprint density at radius 2 is 2.00 bits per heavy atom. The van der Waals surface area contributed by atoms with Crippen LogP contribution in [0, 0.1) is 0 Å². The average molecular weight is 525 g/mol. The molecular weight excluding hydrogens is 505 g/mol. The lowest BCUT2D eigenvalue weighted by molar-refractivity contribution is -0.137. The van der Waals surface area contributed by atoms with E-state index in [1.165, 1.54) is 6.20 Å². The lowest BCUT2D eigenvalue weighted by atomic mass is 10.0. The predicted molar refractivity (Wildman–Crippen MR) is 133 cm³/mol. The molecule has 2 aromatic carbocycles. The molecule has 188 valence electrons. The molecule has 0 spiro atoms. The number of halogens is 3. The quantitative estimate of drug-likeness (QED) is 0.355. The van der Waals surface area contributed by atoms with Gasteiger partial charge in [0.15, 0.2) is 5.01 Å². The molecule has 1 aliphatic heterocycles. The first-order chi connectivity index (χ1) is 17.6. The van der Waals surface area contributed by atoms with Gasteiger partial charge in [-0.25, -0.2) is 9.97 Å². The molecular formula is C25H19F3N6O2S. The van der Waals surface area contributed by atoms with Crippen LogP contribution < -0.4 is 10.5 Å². The number of carbonyl (C=O) groups is 1. The maximum Gasteiger partial charge on any atom is 0.443 e. The van der Waals surface area contributed by atoms with Crippen molar-refractivity contribution in [3.63, 3.8) is 0 Å². The lowest BCUT2D eigenvalue weighted by Gasteiger charge is -2.24. The zero-order valence-corrected chi connectivity index (χ0v) is 20.4. The second kappa shape index (κ2) is 8.17. The number of aromatic nitrogens is 4. The molecule has 3 aromatic heterocycles. The van der Waals surface area contributed by atoms with E-state index < -0.39 is 11.2 Å². The van der Waals surface area contributed by atoms with Crippen LogP contribution in [0.4, 0.5) is 19.0 Å². The largest absolute Gasteiger partial charge is 0.491 e. The summed E-state index contributed by atoms with van der Waals surface area (Å²) in [4.78, 5) is 23.4. The molecule has 1 aliphatic rings. The van der Waals surface area contributed by atoms with Crippen molar-refractivity contribution in [3.8, 4) is 16.2 Å². The highest BCUT2D eigenvalue weighted by atomic mass is 32.1. The van der Waals surface area contributed by atoms with E-state index in [1.807, 2.05) is 0 Å². The lowest BCUT2D eigenvalue weighted by Crippen LogP contribution is -2.32. The van der Waals surface area contributed by atoms with Crippen LogP contribution in [-0.2, 0) is 13.2 Å². The van der Waals surface area contributed by atoms with Crippen molar-refractivity contribution in [1.82, 2.24) is 24.6 Å². The molecule has 0 unspecified atom stereocenters. The van der Waals surface area contributed by atoms with Crippen LogP contribution in [-0.4, -0.2) is 44.2 Å². The summed E-state index contributed by atoms with van der Waals surface area (Å²) in [5.41, 5.74) is 9.35. The number of nitrogens with zero attached hydrogens (tertiary/aromatic N) is 5. The topological polar surface area (TPSA) is 99.2 Å². The summed E-state index contributed by atoms with van der Waals surface area (Å²) in [6, 6.07) is 10.1.